The number of fused-ring (bicyclic) bond motifs is 1. The fourth-order valence-electron chi connectivity index (χ4n) is 2.97. The molecule has 0 atom stereocenters. The van der Waals surface area contributed by atoms with Crippen molar-refractivity contribution in [3.05, 3.63) is 60.6 Å². The standard InChI is InChI=1S/C21H18N6O2/c1-13-11-18(24-16-6-8-17(9-7-16)29-20(28)14-4-5-14)27-21(23-13)25-19(26-27)15-3-2-10-22-12-15/h2-3,6-12,14,24H,4-5H2,1H3. The third kappa shape index (κ3) is 3.64. The highest BCUT2D eigenvalue weighted by atomic mass is 16.5. The molecule has 1 aliphatic carbocycles. The second-order valence-corrected chi connectivity index (χ2v) is 7.02. The lowest BCUT2D eigenvalue weighted by molar-refractivity contribution is -0.135. The van der Waals surface area contributed by atoms with E-state index >= 15 is 0 Å². The van der Waals surface area contributed by atoms with Crippen LogP contribution in [0.5, 0.6) is 5.75 Å². The highest BCUT2D eigenvalue weighted by molar-refractivity contribution is 5.77. The van der Waals surface area contributed by atoms with Crippen LogP contribution in [0.25, 0.3) is 17.2 Å². The zero-order chi connectivity index (χ0) is 19.8. The van der Waals surface area contributed by atoms with Crippen LogP contribution in [0.2, 0.25) is 0 Å². The van der Waals surface area contributed by atoms with Crippen LogP contribution < -0.4 is 10.1 Å². The van der Waals surface area contributed by atoms with Gasteiger partial charge in [0.05, 0.1) is 5.92 Å². The van der Waals surface area contributed by atoms with Crippen LogP contribution >= 0.6 is 0 Å². The van der Waals surface area contributed by atoms with Gasteiger partial charge in [-0.05, 0) is 56.2 Å². The molecule has 5 rings (SSSR count). The predicted molar refractivity (Wildman–Crippen MR) is 107 cm³/mol. The maximum Gasteiger partial charge on any atom is 0.314 e. The summed E-state index contributed by atoms with van der Waals surface area (Å²) in [6.45, 7) is 1.91. The first kappa shape index (κ1) is 17.3. The molecule has 144 valence electrons. The van der Waals surface area contributed by atoms with Gasteiger partial charge in [-0.2, -0.15) is 9.50 Å². The van der Waals surface area contributed by atoms with E-state index < -0.39 is 0 Å². The summed E-state index contributed by atoms with van der Waals surface area (Å²) in [5.74, 6) is 2.26. The van der Waals surface area contributed by atoms with Crippen molar-refractivity contribution in [3.8, 4) is 17.1 Å². The molecule has 1 N–H and O–H groups in total. The lowest BCUT2D eigenvalue weighted by Crippen LogP contribution is -2.09. The average Bonchev–Trinajstić information content (AvgIpc) is 3.50. The van der Waals surface area contributed by atoms with Crippen LogP contribution in [0.3, 0.4) is 0 Å². The number of hydrogen-bond acceptors (Lipinski definition) is 7. The zero-order valence-corrected chi connectivity index (χ0v) is 15.7. The summed E-state index contributed by atoms with van der Waals surface area (Å²) in [6.07, 6.45) is 5.28. The Morgan fingerprint density at radius 3 is 2.72 bits per heavy atom. The van der Waals surface area contributed by atoms with Crippen molar-refractivity contribution in [2.45, 2.75) is 19.8 Å². The number of pyridine rings is 1. The summed E-state index contributed by atoms with van der Waals surface area (Å²) in [7, 11) is 0. The quantitative estimate of drug-likeness (QED) is 0.414. The Morgan fingerprint density at radius 2 is 2.00 bits per heavy atom. The van der Waals surface area contributed by atoms with E-state index in [0.717, 1.165) is 35.6 Å². The summed E-state index contributed by atoms with van der Waals surface area (Å²) in [6, 6.07) is 12.9. The number of anilines is 2. The minimum absolute atomic E-state index is 0.0715. The normalized spacial score (nSPS) is 13.4. The van der Waals surface area contributed by atoms with E-state index in [-0.39, 0.29) is 11.9 Å². The number of aryl methyl sites for hydroxylation is 1. The molecule has 0 amide bonds. The largest absolute Gasteiger partial charge is 0.426 e. The minimum atomic E-state index is -0.150. The van der Waals surface area contributed by atoms with Crippen molar-refractivity contribution in [2.24, 2.45) is 5.92 Å². The Morgan fingerprint density at radius 1 is 1.17 bits per heavy atom. The van der Waals surface area contributed by atoms with Crippen molar-refractivity contribution in [3.63, 3.8) is 0 Å². The highest BCUT2D eigenvalue weighted by Crippen LogP contribution is 2.31. The molecule has 1 aromatic carbocycles. The number of carbonyl (C=O) groups is 1. The first-order valence-electron chi connectivity index (χ1n) is 9.39. The predicted octanol–water partition coefficient (Wildman–Crippen LogP) is 3.55. The Labute approximate surface area is 166 Å². The fourth-order valence-corrected chi connectivity index (χ4v) is 2.97. The molecule has 0 spiro atoms. The SMILES string of the molecule is Cc1cc(Nc2ccc(OC(=O)C3CC3)cc2)n2nc(-c3cccnc3)nc2n1. The van der Waals surface area contributed by atoms with Gasteiger partial charge in [0.25, 0.3) is 5.78 Å². The third-order valence-electron chi connectivity index (χ3n) is 4.62. The molecule has 8 nitrogen and oxygen atoms in total. The molecule has 0 unspecified atom stereocenters. The van der Waals surface area contributed by atoms with Gasteiger partial charge in [-0.1, -0.05) is 0 Å². The lowest BCUT2D eigenvalue weighted by Gasteiger charge is -2.09. The number of hydrogen-bond donors (Lipinski definition) is 1. The van der Waals surface area contributed by atoms with Gasteiger partial charge in [0.2, 0.25) is 0 Å². The molecule has 29 heavy (non-hydrogen) atoms. The molecule has 0 bridgehead atoms. The number of esters is 1. The van der Waals surface area contributed by atoms with E-state index in [0.29, 0.717) is 17.4 Å². The second-order valence-electron chi connectivity index (χ2n) is 7.02. The van der Waals surface area contributed by atoms with Gasteiger partial charge in [0.15, 0.2) is 5.82 Å². The second kappa shape index (κ2) is 6.97. The van der Waals surface area contributed by atoms with Crippen LogP contribution in [0.15, 0.2) is 54.9 Å². The first-order valence-corrected chi connectivity index (χ1v) is 9.39. The summed E-state index contributed by atoms with van der Waals surface area (Å²) >= 11 is 0. The number of nitrogens with zero attached hydrogens (tertiary/aromatic N) is 5. The van der Waals surface area contributed by atoms with Gasteiger partial charge >= 0.3 is 5.97 Å². The van der Waals surface area contributed by atoms with E-state index in [1.165, 1.54) is 0 Å². The first-order chi connectivity index (χ1) is 14.2. The fraction of sp³-hybridized carbons (Fsp3) is 0.190. The average molecular weight is 386 g/mol. The lowest BCUT2D eigenvalue weighted by atomic mass is 10.3. The maximum atomic E-state index is 11.8. The molecule has 3 heterocycles. The summed E-state index contributed by atoms with van der Waals surface area (Å²) < 4.78 is 7.04. The smallest absolute Gasteiger partial charge is 0.314 e. The topological polar surface area (TPSA) is 94.3 Å². The number of nitrogens with one attached hydrogen (secondary N) is 1. The van der Waals surface area contributed by atoms with Gasteiger partial charge < -0.3 is 10.1 Å². The molecular formula is C21H18N6O2. The summed E-state index contributed by atoms with van der Waals surface area (Å²) in [5, 5.41) is 7.91. The number of aromatic nitrogens is 5. The van der Waals surface area contributed by atoms with Crippen molar-refractivity contribution < 1.29 is 9.53 Å². The summed E-state index contributed by atoms with van der Waals surface area (Å²) in [5.41, 5.74) is 2.48. The molecule has 1 fully saturated rings. The van der Waals surface area contributed by atoms with E-state index in [9.17, 15) is 4.79 Å². The molecule has 1 saturated carbocycles. The molecule has 8 heteroatoms. The Kier molecular flexibility index (Phi) is 4.16. The minimum Gasteiger partial charge on any atom is -0.426 e. The van der Waals surface area contributed by atoms with Gasteiger partial charge in [0, 0.05) is 35.4 Å². The monoisotopic (exact) mass is 386 g/mol. The molecule has 1 aliphatic rings. The number of ether oxygens (including phenoxy) is 1. The molecule has 4 aromatic rings. The molecule has 0 saturated heterocycles. The molecular weight excluding hydrogens is 368 g/mol. The Hall–Kier alpha value is -3.81. The van der Waals surface area contributed by atoms with Gasteiger partial charge in [0.1, 0.15) is 11.6 Å². The Bertz CT molecular complexity index is 1180. The molecule has 0 radical (unpaired) electrons. The third-order valence-corrected chi connectivity index (χ3v) is 4.62. The van der Waals surface area contributed by atoms with Crippen molar-refractivity contribution in [1.29, 1.82) is 0 Å². The van der Waals surface area contributed by atoms with E-state index in [1.807, 2.05) is 37.3 Å². The van der Waals surface area contributed by atoms with Crippen molar-refractivity contribution in [2.75, 3.05) is 5.32 Å². The van der Waals surface area contributed by atoms with Gasteiger partial charge in [-0.3, -0.25) is 9.78 Å². The van der Waals surface area contributed by atoms with Crippen molar-refractivity contribution >= 4 is 23.3 Å². The zero-order valence-electron chi connectivity index (χ0n) is 15.7. The van der Waals surface area contributed by atoms with Crippen LogP contribution in [0.1, 0.15) is 18.5 Å². The van der Waals surface area contributed by atoms with Gasteiger partial charge in [-0.25, -0.2) is 4.98 Å². The molecule has 3 aromatic heterocycles. The van der Waals surface area contributed by atoms with E-state index in [1.54, 1.807) is 29.0 Å². The van der Waals surface area contributed by atoms with E-state index in [4.69, 9.17) is 4.74 Å². The number of benzene rings is 1. The number of rotatable bonds is 5. The van der Waals surface area contributed by atoms with E-state index in [2.05, 4.69) is 25.4 Å². The van der Waals surface area contributed by atoms with Crippen molar-refractivity contribution in [1.82, 2.24) is 24.6 Å². The Balaban J connectivity index is 1.42. The highest BCUT2D eigenvalue weighted by Gasteiger charge is 2.31. The van der Waals surface area contributed by atoms with Gasteiger partial charge in [-0.15, -0.1) is 5.10 Å². The number of carbonyl (C=O) groups excluding carboxylic acids is 1. The van der Waals surface area contributed by atoms with Crippen LogP contribution in [-0.4, -0.2) is 30.5 Å². The molecule has 0 aliphatic heterocycles. The van der Waals surface area contributed by atoms with Crippen LogP contribution in [-0.2, 0) is 4.79 Å². The van der Waals surface area contributed by atoms with Crippen LogP contribution in [0.4, 0.5) is 11.5 Å². The maximum absolute atomic E-state index is 11.8. The van der Waals surface area contributed by atoms with Crippen LogP contribution in [0, 0.1) is 12.8 Å². The summed E-state index contributed by atoms with van der Waals surface area (Å²) in [4.78, 5) is 24.9.